The van der Waals surface area contributed by atoms with Gasteiger partial charge in [0, 0.05) is 6.54 Å². The molecule has 0 saturated carbocycles. The van der Waals surface area contributed by atoms with Crippen molar-refractivity contribution in [1.29, 1.82) is 0 Å². The third-order valence-corrected chi connectivity index (χ3v) is 4.03. The van der Waals surface area contributed by atoms with Gasteiger partial charge in [0.2, 0.25) is 5.91 Å². The van der Waals surface area contributed by atoms with E-state index in [1.807, 2.05) is 53.4 Å². The van der Waals surface area contributed by atoms with Crippen molar-refractivity contribution < 1.29 is 14.3 Å². The van der Waals surface area contributed by atoms with Crippen LogP contribution in [0.5, 0.6) is 11.5 Å². The first-order chi connectivity index (χ1) is 10.7. The molecule has 1 saturated heterocycles. The van der Waals surface area contributed by atoms with Crippen LogP contribution in [0.1, 0.15) is 23.6 Å². The molecule has 22 heavy (non-hydrogen) atoms. The Morgan fingerprint density at radius 1 is 1.05 bits per heavy atom. The number of benzene rings is 2. The summed E-state index contributed by atoms with van der Waals surface area (Å²) in [5, 5.41) is 0. The van der Waals surface area contributed by atoms with Gasteiger partial charge in [-0.3, -0.25) is 4.79 Å². The Bertz CT molecular complexity index is 684. The van der Waals surface area contributed by atoms with E-state index in [1.165, 1.54) is 0 Å². The van der Waals surface area contributed by atoms with Crippen molar-refractivity contribution >= 4 is 5.91 Å². The number of nitrogens with zero attached hydrogens (tertiary/aromatic N) is 1. The summed E-state index contributed by atoms with van der Waals surface area (Å²) in [4.78, 5) is 13.9. The fraction of sp³-hybridized carbons (Fsp3) is 0.278. The maximum Gasteiger partial charge on any atom is 0.225 e. The normalized spacial score (nSPS) is 17.1. The lowest BCUT2D eigenvalue weighted by atomic mass is 9.93. The predicted molar refractivity (Wildman–Crippen MR) is 83.9 cm³/mol. The third-order valence-electron chi connectivity index (χ3n) is 4.03. The van der Waals surface area contributed by atoms with Gasteiger partial charge in [-0.25, -0.2) is 0 Å². The van der Waals surface area contributed by atoms with Crippen LogP contribution in [0.25, 0.3) is 0 Å². The maximum absolute atomic E-state index is 12.0. The molecule has 1 atom stereocenters. The van der Waals surface area contributed by atoms with Gasteiger partial charge < -0.3 is 14.4 Å². The lowest BCUT2D eigenvalue weighted by molar-refractivity contribution is -0.147. The molecule has 2 aromatic rings. The molecular formula is C18H19NO3. The number of hydrogen-bond acceptors (Lipinski definition) is 3. The number of ether oxygens (including phenoxy) is 2. The lowest BCUT2D eigenvalue weighted by Gasteiger charge is -2.41. The van der Waals surface area contributed by atoms with Crippen LogP contribution in [0.4, 0.5) is 0 Å². The Labute approximate surface area is 130 Å². The molecule has 1 aliphatic heterocycles. The van der Waals surface area contributed by atoms with Gasteiger partial charge in [0.15, 0.2) is 0 Å². The van der Waals surface area contributed by atoms with E-state index in [9.17, 15) is 4.79 Å². The van der Waals surface area contributed by atoms with E-state index in [-0.39, 0.29) is 11.9 Å². The van der Waals surface area contributed by atoms with Crippen LogP contribution in [-0.4, -0.2) is 25.0 Å². The molecule has 2 aromatic carbocycles. The highest BCUT2D eigenvalue weighted by molar-refractivity contribution is 5.83. The second-order valence-electron chi connectivity index (χ2n) is 5.37. The minimum Gasteiger partial charge on any atom is -0.497 e. The number of carbonyl (C=O) groups is 1. The number of rotatable bonds is 5. The average molecular weight is 297 g/mol. The Morgan fingerprint density at radius 3 is 2.41 bits per heavy atom. The number of hydrogen-bond donors (Lipinski definition) is 0. The molecule has 1 heterocycles. The van der Waals surface area contributed by atoms with Gasteiger partial charge in [-0.1, -0.05) is 24.3 Å². The molecule has 4 nitrogen and oxygen atoms in total. The highest BCUT2D eigenvalue weighted by Crippen LogP contribution is 2.37. The number of carbonyl (C=O) groups excluding carboxylic acids is 1. The summed E-state index contributed by atoms with van der Waals surface area (Å²) in [5.74, 6) is 1.80. The van der Waals surface area contributed by atoms with Crippen LogP contribution >= 0.6 is 0 Å². The van der Waals surface area contributed by atoms with E-state index in [2.05, 4.69) is 0 Å². The summed E-state index contributed by atoms with van der Waals surface area (Å²) in [6.45, 7) is 0.595. The van der Waals surface area contributed by atoms with Gasteiger partial charge in [-0.15, -0.1) is 0 Å². The van der Waals surface area contributed by atoms with Gasteiger partial charge in [-0.2, -0.15) is 0 Å². The highest BCUT2D eigenvalue weighted by atomic mass is 16.5. The van der Waals surface area contributed by atoms with Gasteiger partial charge in [-0.05, 0) is 35.4 Å². The van der Waals surface area contributed by atoms with Crippen LogP contribution in [0.2, 0.25) is 0 Å². The van der Waals surface area contributed by atoms with E-state index >= 15 is 0 Å². The quantitative estimate of drug-likeness (QED) is 0.796. The zero-order valence-corrected chi connectivity index (χ0v) is 12.8. The molecule has 0 bridgehead atoms. The molecule has 114 valence electrons. The zero-order valence-electron chi connectivity index (χ0n) is 12.8. The smallest absolute Gasteiger partial charge is 0.225 e. The predicted octanol–water partition coefficient (Wildman–Crippen LogP) is 3.18. The number of β-lactam (4-membered cyclic amide) rings is 1. The van der Waals surface area contributed by atoms with Crippen molar-refractivity contribution in [3.05, 3.63) is 59.7 Å². The topological polar surface area (TPSA) is 38.8 Å². The van der Waals surface area contributed by atoms with E-state index in [4.69, 9.17) is 9.47 Å². The van der Waals surface area contributed by atoms with Crippen LogP contribution in [-0.2, 0) is 11.3 Å². The summed E-state index contributed by atoms with van der Waals surface area (Å²) in [7, 11) is 3.30. The van der Waals surface area contributed by atoms with Crippen molar-refractivity contribution in [3.8, 4) is 11.5 Å². The molecule has 1 unspecified atom stereocenters. The lowest BCUT2D eigenvalue weighted by Crippen LogP contribution is -2.45. The van der Waals surface area contributed by atoms with E-state index < -0.39 is 0 Å². The summed E-state index contributed by atoms with van der Waals surface area (Å²) >= 11 is 0. The van der Waals surface area contributed by atoms with Crippen molar-refractivity contribution in [3.63, 3.8) is 0 Å². The Morgan fingerprint density at radius 2 is 1.73 bits per heavy atom. The average Bonchev–Trinajstić information content (AvgIpc) is 2.57. The number of amides is 1. The monoisotopic (exact) mass is 297 g/mol. The molecule has 4 heteroatoms. The maximum atomic E-state index is 12.0. The number of likely N-dealkylation sites (tertiary alicyclic amines) is 1. The van der Waals surface area contributed by atoms with Crippen molar-refractivity contribution in [2.45, 2.75) is 19.0 Å². The molecule has 3 rings (SSSR count). The first-order valence-electron chi connectivity index (χ1n) is 7.27. The minimum absolute atomic E-state index is 0.119. The Hall–Kier alpha value is -2.49. The van der Waals surface area contributed by atoms with E-state index in [0.29, 0.717) is 13.0 Å². The largest absolute Gasteiger partial charge is 0.497 e. The standard InChI is InChI=1S/C18H19NO3/c1-21-15-7-3-5-13(9-15)12-19-17(11-18(19)20)14-6-4-8-16(10-14)22-2/h3-10,17H,11-12H2,1-2H3. The Kier molecular flexibility index (Phi) is 4.00. The third kappa shape index (κ3) is 2.77. The summed E-state index contributed by atoms with van der Waals surface area (Å²) in [6.07, 6.45) is 0.553. The summed E-state index contributed by atoms with van der Waals surface area (Å²) < 4.78 is 10.5. The zero-order chi connectivity index (χ0) is 15.5. The Balaban J connectivity index is 1.78. The molecule has 0 spiro atoms. The molecule has 1 amide bonds. The van der Waals surface area contributed by atoms with Crippen molar-refractivity contribution in [2.24, 2.45) is 0 Å². The minimum atomic E-state index is 0.119. The van der Waals surface area contributed by atoms with Crippen molar-refractivity contribution in [1.82, 2.24) is 4.90 Å². The van der Waals surface area contributed by atoms with E-state index in [1.54, 1.807) is 14.2 Å². The molecule has 0 N–H and O–H groups in total. The number of methoxy groups -OCH3 is 2. The van der Waals surface area contributed by atoms with Crippen LogP contribution in [0, 0.1) is 0 Å². The molecule has 0 aliphatic carbocycles. The highest BCUT2D eigenvalue weighted by Gasteiger charge is 2.37. The fourth-order valence-electron chi connectivity index (χ4n) is 2.77. The fourth-order valence-corrected chi connectivity index (χ4v) is 2.77. The second kappa shape index (κ2) is 6.10. The summed E-state index contributed by atoms with van der Waals surface area (Å²) in [5.41, 5.74) is 2.18. The van der Waals surface area contributed by atoms with Gasteiger partial charge in [0.25, 0.3) is 0 Å². The molecular weight excluding hydrogens is 278 g/mol. The van der Waals surface area contributed by atoms with Crippen molar-refractivity contribution in [2.75, 3.05) is 14.2 Å². The van der Waals surface area contributed by atoms with Crippen LogP contribution in [0.3, 0.4) is 0 Å². The molecule has 1 fully saturated rings. The van der Waals surface area contributed by atoms with Gasteiger partial charge in [0.05, 0.1) is 26.7 Å². The van der Waals surface area contributed by atoms with E-state index in [0.717, 1.165) is 22.6 Å². The molecule has 0 aromatic heterocycles. The first kappa shape index (κ1) is 14.4. The molecule has 1 aliphatic rings. The summed E-state index contributed by atoms with van der Waals surface area (Å²) in [6, 6.07) is 15.9. The van der Waals surface area contributed by atoms with Crippen LogP contribution in [0.15, 0.2) is 48.5 Å². The van der Waals surface area contributed by atoms with Gasteiger partial charge in [0.1, 0.15) is 11.5 Å². The first-order valence-corrected chi connectivity index (χ1v) is 7.27. The molecule has 0 radical (unpaired) electrons. The second-order valence-corrected chi connectivity index (χ2v) is 5.37. The SMILES string of the molecule is COc1cccc(CN2C(=O)CC2c2cccc(OC)c2)c1. The van der Waals surface area contributed by atoms with Gasteiger partial charge >= 0.3 is 0 Å². The van der Waals surface area contributed by atoms with Crippen LogP contribution < -0.4 is 9.47 Å².